The zero-order chi connectivity index (χ0) is 8.32. The lowest BCUT2D eigenvalue weighted by atomic mass is 10.1. The van der Waals surface area contributed by atoms with Crippen LogP contribution in [0.4, 0.5) is 0 Å². The molecule has 1 aliphatic rings. The quantitative estimate of drug-likeness (QED) is 0.534. The highest BCUT2D eigenvalue weighted by Crippen LogP contribution is 2.44. The van der Waals surface area contributed by atoms with Crippen LogP contribution in [-0.4, -0.2) is 19.0 Å². The lowest BCUT2D eigenvalue weighted by molar-refractivity contribution is -0.125. The van der Waals surface area contributed by atoms with Crippen LogP contribution in [0.3, 0.4) is 0 Å². The van der Waals surface area contributed by atoms with Gasteiger partial charge in [-0.1, -0.05) is 5.92 Å². The van der Waals surface area contributed by atoms with Gasteiger partial charge in [0.15, 0.2) is 0 Å². The van der Waals surface area contributed by atoms with Crippen LogP contribution in [0.2, 0.25) is 0 Å². The maximum absolute atomic E-state index is 11.2. The van der Waals surface area contributed by atoms with Gasteiger partial charge in [0.05, 0.1) is 12.0 Å². The van der Waals surface area contributed by atoms with E-state index in [1.54, 1.807) is 0 Å². The Balaban J connectivity index is 2.37. The first-order valence-corrected chi connectivity index (χ1v) is 3.67. The van der Waals surface area contributed by atoms with Crippen LogP contribution in [0, 0.1) is 17.8 Å². The Hall–Kier alpha value is -1.01. The standard InChI is InChI=1S/C8H12N2O/c1-2-5-10-7(11)8(6-9)3-4-8/h1H,3-6,9H2,(H,10,11). The van der Waals surface area contributed by atoms with Crippen molar-refractivity contribution in [3.8, 4) is 12.3 Å². The number of amides is 1. The number of terminal acetylenes is 1. The molecule has 60 valence electrons. The third kappa shape index (κ3) is 1.52. The van der Waals surface area contributed by atoms with Gasteiger partial charge in [-0.15, -0.1) is 6.42 Å². The second kappa shape index (κ2) is 2.93. The molecule has 0 aromatic carbocycles. The summed E-state index contributed by atoms with van der Waals surface area (Å²) >= 11 is 0. The third-order valence-electron chi connectivity index (χ3n) is 2.08. The molecule has 1 saturated carbocycles. The van der Waals surface area contributed by atoms with Crippen molar-refractivity contribution in [3.63, 3.8) is 0 Å². The molecule has 0 spiro atoms. The Morgan fingerprint density at radius 1 is 1.73 bits per heavy atom. The fraction of sp³-hybridized carbons (Fsp3) is 0.625. The monoisotopic (exact) mass is 152 g/mol. The van der Waals surface area contributed by atoms with Gasteiger partial charge in [0.25, 0.3) is 0 Å². The minimum atomic E-state index is -0.267. The summed E-state index contributed by atoms with van der Waals surface area (Å²) in [6.07, 6.45) is 6.79. The van der Waals surface area contributed by atoms with Gasteiger partial charge in [-0.3, -0.25) is 4.79 Å². The summed E-state index contributed by atoms with van der Waals surface area (Å²) in [7, 11) is 0. The molecule has 11 heavy (non-hydrogen) atoms. The van der Waals surface area contributed by atoms with E-state index in [4.69, 9.17) is 12.2 Å². The van der Waals surface area contributed by atoms with E-state index in [1.807, 2.05) is 0 Å². The first kappa shape index (κ1) is 8.09. The summed E-state index contributed by atoms with van der Waals surface area (Å²) in [6, 6.07) is 0. The molecule has 1 amide bonds. The number of carbonyl (C=O) groups is 1. The molecule has 1 fully saturated rings. The Kier molecular flexibility index (Phi) is 2.16. The number of hydrogen-bond acceptors (Lipinski definition) is 2. The van der Waals surface area contributed by atoms with E-state index in [0.29, 0.717) is 13.1 Å². The average molecular weight is 152 g/mol. The first-order chi connectivity index (χ1) is 5.25. The predicted octanol–water partition coefficient (Wildman–Crippen LogP) is -0.525. The van der Waals surface area contributed by atoms with Gasteiger partial charge >= 0.3 is 0 Å². The first-order valence-electron chi connectivity index (χ1n) is 3.67. The lowest BCUT2D eigenvalue weighted by Crippen LogP contribution is -2.36. The Bertz CT molecular complexity index is 201. The fourth-order valence-electron chi connectivity index (χ4n) is 0.994. The second-order valence-corrected chi connectivity index (χ2v) is 2.87. The smallest absolute Gasteiger partial charge is 0.228 e. The van der Waals surface area contributed by atoms with Crippen LogP contribution < -0.4 is 11.1 Å². The zero-order valence-electron chi connectivity index (χ0n) is 6.39. The third-order valence-corrected chi connectivity index (χ3v) is 2.08. The fourth-order valence-corrected chi connectivity index (χ4v) is 0.994. The molecule has 0 unspecified atom stereocenters. The van der Waals surface area contributed by atoms with Gasteiger partial charge in [0.2, 0.25) is 5.91 Å². The summed E-state index contributed by atoms with van der Waals surface area (Å²) in [4.78, 5) is 11.2. The van der Waals surface area contributed by atoms with E-state index in [1.165, 1.54) is 0 Å². The molecule has 0 radical (unpaired) electrons. The summed E-state index contributed by atoms with van der Waals surface area (Å²) in [5.41, 5.74) is 5.16. The van der Waals surface area contributed by atoms with Crippen LogP contribution in [0.5, 0.6) is 0 Å². The molecule has 1 aliphatic carbocycles. The molecule has 1 rings (SSSR count). The summed E-state index contributed by atoms with van der Waals surface area (Å²) in [6.45, 7) is 0.740. The van der Waals surface area contributed by atoms with E-state index in [9.17, 15) is 4.79 Å². The van der Waals surface area contributed by atoms with E-state index in [0.717, 1.165) is 12.8 Å². The maximum atomic E-state index is 11.2. The van der Waals surface area contributed by atoms with Crippen LogP contribution in [0.15, 0.2) is 0 Å². The van der Waals surface area contributed by atoms with E-state index in [2.05, 4.69) is 11.2 Å². The Morgan fingerprint density at radius 3 is 2.73 bits per heavy atom. The summed E-state index contributed by atoms with van der Waals surface area (Å²) in [5.74, 6) is 2.36. The largest absolute Gasteiger partial charge is 0.345 e. The molecule has 0 heterocycles. The van der Waals surface area contributed by atoms with Crippen molar-refractivity contribution in [1.82, 2.24) is 5.32 Å². The molecular formula is C8H12N2O. The molecular weight excluding hydrogens is 140 g/mol. The van der Waals surface area contributed by atoms with Crippen molar-refractivity contribution in [1.29, 1.82) is 0 Å². The molecule has 0 saturated heterocycles. The Labute approximate surface area is 66.3 Å². The molecule has 0 aromatic heterocycles. The van der Waals surface area contributed by atoms with Gasteiger partial charge in [-0.25, -0.2) is 0 Å². The highest BCUT2D eigenvalue weighted by molar-refractivity contribution is 5.85. The van der Waals surface area contributed by atoms with Gasteiger partial charge in [0.1, 0.15) is 0 Å². The van der Waals surface area contributed by atoms with Crippen molar-refractivity contribution in [2.45, 2.75) is 12.8 Å². The van der Waals surface area contributed by atoms with Crippen molar-refractivity contribution in [2.24, 2.45) is 11.1 Å². The molecule has 0 bridgehead atoms. The number of nitrogens with one attached hydrogen (secondary N) is 1. The van der Waals surface area contributed by atoms with Crippen molar-refractivity contribution in [2.75, 3.05) is 13.1 Å². The topological polar surface area (TPSA) is 55.1 Å². The average Bonchev–Trinajstić information content (AvgIpc) is 2.80. The van der Waals surface area contributed by atoms with Gasteiger partial charge in [-0.2, -0.15) is 0 Å². The van der Waals surface area contributed by atoms with Gasteiger partial charge < -0.3 is 11.1 Å². The lowest BCUT2D eigenvalue weighted by Gasteiger charge is -2.10. The number of rotatable bonds is 3. The van der Waals surface area contributed by atoms with Crippen LogP contribution in [0.1, 0.15) is 12.8 Å². The number of nitrogens with two attached hydrogens (primary N) is 1. The van der Waals surface area contributed by atoms with E-state index < -0.39 is 0 Å². The summed E-state index contributed by atoms with van der Waals surface area (Å²) < 4.78 is 0. The van der Waals surface area contributed by atoms with E-state index in [-0.39, 0.29) is 11.3 Å². The van der Waals surface area contributed by atoms with Gasteiger partial charge in [0, 0.05) is 6.54 Å². The molecule has 0 aliphatic heterocycles. The van der Waals surface area contributed by atoms with Crippen molar-refractivity contribution >= 4 is 5.91 Å². The Morgan fingerprint density at radius 2 is 2.36 bits per heavy atom. The molecule has 0 aromatic rings. The highest BCUT2D eigenvalue weighted by Gasteiger charge is 2.48. The van der Waals surface area contributed by atoms with Gasteiger partial charge in [-0.05, 0) is 12.8 Å². The van der Waals surface area contributed by atoms with Crippen LogP contribution in [-0.2, 0) is 4.79 Å². The molecule has 3 heteroatoms. The van der Waals surface area contributed by atoms with Crippen LogP contribution >= 0.6 is 0 Å². The highest BCUT2D eigenvalue weighted by atomic mass is 16.2. The predicted molar refractivity (Wildman–Crippen MR) is 42.6 cm³/mol. The molecule has 3 nitrogen and oxygen atoms in total. The normalized spacial score (nSPS) is 18.5. The number of hydrogen-bond donors (Lipinski definition) is 2. The molecule has 0 atom stereocenters. The maximum Gasteiger partial charge on any atom is 0.228 e. The SMILES string of the molecule is C#CCNC(=O)C1(CN)CC1. The van der Waals surface area contributed by atoms with Crippen molar-refractivity contribution < 1.29 is 4.79 Å². The minimum absolute atomic E-state index is 0.0120. The second-order valence-electron chi connectivity index (χ2n) is 2.87. The number of carbonyl (C=O) groups excluding carboxylic acids is 1. The van der Waals surface area contributed by atoms with Crippen LogP contribution in [0.25, 0.3) is 0 Å². The minimum Gasteiger partial charge on any atom is -0.345 e. The van der Waals surface area contributed by atoms with E-state index >= 15 is 0 Å². The van der Waals surface area contributed by atoms with Crippen molar-refractivity contribution in [3.05, 3.63) is 0 Å². The zero-order valence-corrected chi connectivity index (χ0v) is 6.39. The summed E-state index contributed by atoms with van der Waals surface area (Å²) in [5, 5.41) is 2.63. The molecule has 3 N–H and O–H groups in total.